The fourth-order valence-corrected chi connectivity index (χ4v) is 3.83. The van der Waals surface area contributed by atoms with E-state index >= 15 is 0 Å². The van der Waals surface area contributed by atoms with Gasteiger partial charge in [-0.15, -0.1) is 11.3 Å². The highest BCUT2D eigenvalue weighted by Gasteiger charge is 2.14. The molecule has 21 heavy (non-hydrogen) atoms. The van der Waals surface area contributed by atoms with Crippen LogP contribution >= 0.6 is 22.9 Å². The Morgan fingerprint density at radius 3 is 2.52 bits per heavy atom. The average Bonchev–Trinajstić information content (AvgIpc) is 2.85. The number of thiophene rings is 1. The molecule has 2 aromatic heterocycles. The van der Waals surface area contributed by atoms with E-state index in [1.807, 2.05) is 42.5 Å². The van der Waals surface area contributed by atoms with E-state index in [0.29, 0.717) is 21.7 Å². The number of aromatic nitrogens is 2. The van der Waals surface area contributed by atoms with E-state index in [-0.39, 0.29) is 5.56 Å². The van der Waals surface area contributed by atoms with Crippen molar-refractivity contribution in [3.8, 4) is 10.7 Å². The molecular weight excluding hydrogens is 304 g/mol. The molecule has 0 saturated carbocycles. The summed E-state index contributed by atoms with van der Waals surface area (Å²) in [7, 11) is 0. The first-order valence-corrected chi connectivity index (χ1v) is 7.60. The van der Waals surface area contributed by atoms with Crippen LogP contribution in [0.1, 0.15) is 0 Å². The molecule has 4 rings (SSSR count). The van der Waals surface area contributed by atoms with Crippen LogP contribution in [-0.4, -0.2) is 9.97 Å². The highest BCUT2D eigenvalue weighted by molar-refractivity contribution is 7.23. The van der Waals surface area contributed by atoms with E-state index in [9.17, 15) is 4.79 Å². The number of nitrogens with one attached hydrogen (secondary N) is 1. The van der Waals surface area contributed by atoms with Gasteiger partial charge in [-0.1, -0.05) is 41.9 Å². The van der Waals surface area contributed by atoms with Gasteiger partial charge in [-0.25, -0.2) is 4.98 Å². The van der Waals surface area contributed by atoms with Crippen LogP contribution in [0.5, 0.6) is 0 Å². The first kappa shape index (κ1) is 12.6. The number of aromatic amines is 1. The quantitative estimate of drug-likeness (QED) is 0.564. The molecule has 3 nitrogen and oxygen atoms in total. The van der Waals surface area contributed by atoms with E-state index in [1.54, 1.807) is 6.07 Å². The van der Waals surface area contributed by atoms with E-state index in [4.69, 9.17) is 11.6 Å². The number of nitrogens with zero attached hydrogens (tertiary/aromatic N) is 1. The molecule has 0 amide bonds. The lowest BCUT2D eigenvalue weighted by Crippen LogP contribution is -2.08. The van der Waals surface area contributed by atoms with Crippen LogP contribution < -0.4 is 5.56 Å². The van der Waals surface area contributed by atoms with Crippen molar-refractivity contribution >= 4 is 43.9 Å². The summed E-state index contributed by atoms with van der Waals surface area (Å²) in [5, 5.41) is 2.20. The molecule has 0 radical (unpaired) electrons. The fraction of sp³-hybridized carbons (Fsp3) is 0. The maximum absolute atomic E-state index is 12.2. The van der Waals surface area contributed by atoms with Gasteiger partial charge in [0.05, 0.1) is 20.8 Å². The zero-order valence-electron chi connectivity index (χ0n) is 10.8. The van der Waals surface area contributed by atoms with Gasteiger partial charge in [0, 0.05) is 10.1 Å². The molecule has 2 heterocycles. The predicted molar refractivity (Wildman–Crippen MR) is 88.2 cm³/mol. The lowest BCUT2D eigenvalue weighted by atomic mass is 10.2. The second-order valence-corrected chi connectivity index (χ2v) is 6.10. The van der Waals surface area contributed by atoms with Crippen molar-refractivity contribution in [1.29, 1.82) is 0 Å². The molecule has 0 bridgehead atoms. The van der Waals surface area contributed by atoms with Gasteiger partial charge in [-0.3, -0.25) is 4.79 Å². The lowest BCUT2D eigenvalue weighted by Gasteiger charge is -2.01. The first-order valence-electron chi connectivity index (χ1n) is 6.40. The minimum atomic E-state index is -0.149. The average molecular weight is 313 g/mol. The summed E-state index contributed by atoms with van der Waals surface area (Å²) < 4.78 is 1.08. The third-order valence-corrected chi connectivity index (χ3v) is 5.04. The Labute approximate surface area is 128 Å². The van der Waals surface area contributed by atoms with Gasteiger partial charge in [0.15, 0.2) is 5.82 Å². The van der Waals surface area contributed by atoms with Crippen LogP contribution in [0.25, 0.3) is 31.7 Å². The Balaban J connectivity index is 2.04. The highest BCUT2D eigenvalue weighted by atomic mass is 35.5. The third-order valence-electron chi connectivity index (χ3n) is 3.36. The van der Waals surface area contributed by atoms with Crippen molar-refractivity contribution < 1.29 is 0 Å². The summed E-state index contributed by atoms with van der Waals surface area (Å²) in [5.41, 5.74) is 0.522. The Bertz CT molecular complexity index is 1040. The lowest BCUT2D eigenvalue weighted by molar-refractivity contribution is 1.19. The van der Waals surface area contributed by atoms with E-state index in [0.717, 1.165) is 15.0 Å². The molecule has 2 aromatic carbocycles. The second kappa shape index (κ2) is 4.69. The molecule has 0 unspecified atom stereocenters. The molecule has 0 fully saturated rings. The van der Waals surface area contributed by atoms with E-state index in [1.165, 1.54) is 11.3 Å². The topological polar surface area (TPSA) is 45.8 Å². The Morgan fingerprint density at radius 1 is 1.00 bits per heavy atom. The van der Waals surface area contributed by atoms with Gasteiger partial charge in [0.2, 0.25) is 0 Å². The molecule has 0 aliphatic heterocycles. The maximum atomic E-state index is 12.2. The normalized spacial score (nSPS) is 11.3. The molecule has 0 saturated heterocycles. The number of benzene rings is 2. The number of hydrogen-bond donors (Lipinski definition) is 1. The fourth-order valence-electron chi connectivity index (χ4n) is 2.36. The van der Waals surface area contributed by atoms with Gasteiger partial charge in [-0.2, -0.15) is 0 Å². The molecule has 4 aromatic rings. The summed E-state index contributed by atoms with van der Waals surface area (Å²) in [4.78, 5) is 20.3. The Hall–Kier alpha value is -2.17. The van der Waals surface area contributed by atoms with Crippen molar-refractivity contribution in [2.24, 2.45) is 0 Å². The molecule has 102 valence electrons. The number of halogens is 1. The Morgan fingerprint density at radius 2 is 1.71 bits per heavy atom. The van der Waals surface area contributed by atoms with Crippen LogP contribution in [0.15, 0.2) is 53.3 Å². The maximum Gasteiger partial charge on any atom is 0.259 e. The Kier molecular flexibility index (Phi) is 2.80. The standard InChI is InChI=1S/C16H9ClN2OS/c17-13-10-6-2-4-8-12(10)21-14(13)15-18-11-7-3-1-5-9(11)16(20)19-15/h1-8H,(H,18,19,20). The number of rotatable bonds is 1. The van der Waals surface area contributed by atoms with Crippen molar-refractivity contribution in [2.45, 2.75) is 0 Å². The molecule has 0 aliphatic carbocycles. The summed E-state index contributed by atoms with van der Waals surface area (Å²) in [6.07, 6.45) is 0. The van der Waals surface area contributed by atoms with Crippen LogP contribution in [0.3, 0.4) is 0 Å². The molecule has 5 heteroatoms. The number of H-pyrrole nitrogens is 1. The molecule has 0 spiro atoms. The molecule has 0 aliphatic rings. The van der Waals surface area contributed by atoms with Crippen LogP contribution in [0, 0.1) is 0 Å². The summed E-state index contributed by atoms with van der Waals surface area (Å²) in [6, 6.07) is 15.2. The van der Waals surface area contributed by atoms with Crippen LogP contribution in [-0.2, 0) is 0 Å². The predicted octanol–water partition coefficient (Wildman–Crippen LogP) is 4.46. The zero-order valence-corrected chi connectivity index (χ0v) is 12.3. The zero-order chi connectivity index (χ0) is 14.4. The van der Waals surface area contributed by atoms with Crippen LogP contribution in [0.4, 0.5) is 0 Å². The first-order chi connectivity index (χ1) is 10.2. The smallest absolute Gasteiger partial charge is 0.259 e. The molecule has 0 atom stereocenters. The van der Waals surface area contributed by atoms with Gasteiger partial charge in [0.1, 0.15) is 0 Å². The largest absolute Gasteiger partial charge is 0.305 e. The van der Waals surface area contributed by atoms with Crippen molar-refractivity contribution in [3.05, 3.63) is 63.9 Å². The summed E-state index contributed by atoms with van der Waals surface area (Å²) >= 11 is 7.97. The SMILES string of the molecule is O=c1[nH]c(-c2sc3ccccc3c2Cl)nc2ccccc12. The number of fused-ring (bicyclic) bond motifs is 2. The van der Waals surface area contributed by atoms with Gasteiger partial charge in [0.25, 0.3) is 5.56 Å². The van der Waals surface area contributed by atoms with Gasteiger partial charge >= 0.3 is 0 Å². The van der Waals surface area contributed by atoms with Gasteiger partial charge < -0.3 is 4.98 Å². The summed E-state index contributed by atoms with van der Waals surface area (Å²) in [6.45, 7) is 0. The second-order valence-electron chi connectivity index (χ2n) is 4.67. The third kappa shape index (κ3) is 1.95. The van der Waals surface area contributed by atoms with Crippen molar-refractivity contribution in [2.75, 3.05) is 0 Å². The van der Waals surface area contributed by atoms with E-state index < -0.39 is 0 Å². The minimum Gasteiger partial charge on any atom is -0.305 e. The minimum absolute atomic E-state index is 0.149. The van der Waals surface area contributed by atoms with E-state index in [2.05, 4.69) is 9.97 Å². The van der Waals surface area contributed by atoms with Crippen molar-refractivity contribution in [3.63, 3.8) is 0 Å². The van der Waals surface area contributed by atoms with Crippen LogP contribution in [0.2, 0.25) is 5.02 Å². The highest BCUT2D eigenvalue weighted by Crippen LogP contribution is 2.40. The summed E-state index contributed by atoms with van der Waals surface area (Å²) in [5.74, 6) is 0.518. The molecular formula is C16H9ClN2OS. The molecule has 1 N–H and O–H groups in total. The number of para-hydroxylation sites is 1. The monoisotopic (exact) mass is 312 g/mol. The van der Waals surface area contributed by atoms with Crippen molar-refractivity contribution in [1.82, 2.24) is 9.97 Å². The number of hydrogen-bond acceptors (Lipinski definition) is 3. The van der Waals surface area contributed by atoms with Gasteiger partial charge in [-0.05, 0) is 18.2 Å².